The molecule has 0 aliphatic carbocycles. The molecule has 0 aromatic heterocycles. The van der Waals surface area contributed by atoms with E-state index in [1.54, 1.807) is 0 Å². The average molecular weight is 452 g/mol. The summed E-state index contributed by atoms with van der Waals surface area (Å²) in [4.78, 5) is 0. The van der Waals surface area contributed by atoms with E-state index in [0.717, 1.165) is 57.0 Å². The Morgan fingerprint density at radius 3 is 0.966 bits per heavy atom. The maximum atomic E-state index is 12.6. The fourth-order valence-electron chi connectivity index (χ4n) is 4.22. The molecule has 0 amide bonds. The van der Waals surface area contributed by atoms with Crippen molar-refractivity contribution >= 4 is 16.2 Å². The van der Waals surface area contributed by atoms with Gasteiger partial charge in [-0.15, -0.1) is 0 Å². The minimum absolute atomic E-state index is 0.752. The molecule has 0 bridgehead atoms. The molecule has 0 saturated heterocycles. The number of rotatable bonds is 22. The molecule has 0 saturated carbocycles. The van der Waals surface area contributed by atoms with E-state index in [2.05, 4.69) is 20.8 Å². The molecule has 1 N–H and O–H groups in total. The zero-order chi connectivity index (χ0) is 21.8. The van der Waals surface area contributed by atoms with Crippen LogP contribution >= 0.6 is 6.46 Å². The van der Waals surface area contributed by atoms with Gasteiger partial charge in [-0.25, -0.2) is 0 Å². The molecule has 29 heavy (non-hydrogen) atoms. The summed E-state index contributed by atoms with van der Waals surface area (Å²) in [5, 5.41) is 0. The largest absolute Gasteiger partial charge is 0.380 e. The van der Waals surface area contributed by atoms with Crippen molar-refractivity contribution in [1.29, 1.82) is 0 Å². The van der Waals surface area contributed by atoms with Crippen molar-refractivity contribution in [2.24, 2.45) is 0 Å². The minimum Gasteiger partial charge on any atom is -0.257 e. The highest BCUT2D eigenvalue weighted by atomic mass is 32.8. The van der Waals surface area contributed by atoms with Gasteiger partial charge in [-0.05, 0) is 38.5 Å². The number of unbranched alkanes of at least 4 members (excludes halogenated alkanes) is 15. The van der Waals surface area contributed by atoms with Crippen LogP contribution in [0.25, 0.3) is 0 Å². The standard InChI is InChI=1S/C24H51O3PS/c1-4-7-10-13-16-19-22-28(29(25,26)27,23-20-17-14-11-8-5-2)24-21-18-15-12-9-6-3/h4-24H2,1-3H3/p+1. The Balaban J connectivity index is 4.72. The van der Waals surface area contributed by atoms with E-state index >= 15 is 0 Å². The van der Waals surface area contributed by atoms with Crippen LogP contribution in [0.4, 0.5) is 0 Å². The Morgan fingerprint density at radius 1 is 0.483 bits per heavy atom. The minimum atomic E-state index is -3.91. The Labute approximate surface area is 184 Å². The molecule has 0 aromatic carbocycles. The van der Waals surface area contributed by atoms with Crippen LogP contribution in [0.2, 0.25) is 0 Å². The van der Waals surface area contributed by atoms with E-state index in [9.17, 15) is 13.0 Å². The van der Waals surface area contributed by atoms with Gasteiger partial charge in [-0.2, -0.15) is 8.42 Å². The molecule has 0 atom stereocenters. The Kier molecular flexibility index (Phi) is 19.3. The summed E-state index contributed by atoms with van der Waals surface area (Å²) in [6.45, 7) is 4.34. The fourth-order valence-corrected chi connectivity index (χ4v) is 11.2. The van der Waals surface area contributed by atoms with Crippen LogP contribution in [-0.4, -0.2) is 31.5 Å². The summed E-state index contributed by atoms with van der Waals surface area (Å²) in [7, 11) is -3.91. The van der Waals surface area contributed by atoms with Crippen molar-refractivity contribution in [3.8, 4) is 0 Å². The summed E-state index contributed by atoms with van der Waals surface area (Å²) in [6.07, 6.45) is 23.4. The molecule has 5 heteroatoms. The smallest absolute Gasteiger partial charge is 0.257 e. The quantitative estimate of drug-likeness (QED) is 0.102. The van der Waals surface area contributed by atoms with E-state index in [0.29, 0.717) is 0 Å². The monoisotopic (exact) mass is 451 g/mol. The van der Waals surface area contributed by atoms with Gasteiger partial charge < -0.3 is 0 Å². The molecule has 0 rings (SSSR count). The van der Waals surface area contributed by atoms with E-state index in [-0.39, 0.29) is 0 Å². The van der Waals surface area contributed by atoms with Gasteiger partial charge in [-0.3, -0.25) is 4.55 Å². The van der Waals surface area contributed by atoms with Gasteiger partial charge in [0.1, 0.15) is 0 Å². The summed E-state index contributed by atoms with van der Waals surface area (Å²) < 4.78 is 35.4. The second kappa shape index (κ2) is 19.1. The number of hydrogen-bond acceptors (Lipinski definition) is 2. The lowest BCUT2D eigenvalue weighted by Crippen LogP contribution is -2.18. The molecule has 0 radical (unpaired) electrons. The first-order valence-electron chi connectivity index (χ1n) is 12.8. The van der Waals surface area contributed by atoms with Crippen molar-refractivity contribution < 1.29 is 13.0 Å². The number of hydrogen-bond donors (Lipinski definition) is 1. The van der Waals surface area contributed by atoms with Crippen molar-refractivity contribution in [3.05, 3.63) is 0 Å². The molecule has 3 nitrogen and oxygen atoms in total. The van der Waals surface area contributed by atoms with Crippen LogP contribution in [0, 0.1) is 0 Å². The molecular weight excluding hydrogens is 399 g/mol. The molecule has 0 aromatic rings. The van der Waals surface area contributed by atoms with Crippen LogP contribution < -0.4 is 0 Å². The summed E-state index contributed by atoms with van der Waals surface area (Å²) in [5.74, 6) is 0. The second-order valence-electron chi connectivity index (χ2n) is 8.98. The first-order chi connectivity index (χ1) is 13.9. The summed E-state index contributed by atoms with van der Waals surface area (Å²) in [5.41, 5.74) is 0. The van der Waals surface area contributed by atoms with Crippen molar-refractivity contribution in [2.75, 3.05) is 18.5 Å². The van der Waals surface area contributed by atoms with Crippen LogP contribution in [-0.2, 0) is 9.74 Å². The summed E-state index contributed by atoms with van der Waals surface area (Å²) in [6, 6.07) is 0. The third-order valence-electron chi connectivity index (χ3n) is 6.25. The van der Waals surface area contributed by atoms with Crippen LogP contribution in [0.5, 0.6) is 0 Å². The van der Waals surface area contributed by atoms with Gasteiger partial charge in [0.15, 0.2) is 6.46 Å². The third-order valence-corrected chi connectivity index (χ3v) is 15.2. The lowest BCUT2D eigenvalue weighted by atomic mass is 10.1. The van der Waals surface area contributed by atoms with E-state index in [1.165, 1.54) is 77.0 Å². The first kappa shape index (κ1) is 29.3. The zero-order valence-electron chi connectivity index (χ0n) is 20.0. The Bertz CT molecular complexity index is 410. The molecule has 0 fully saturated rings. The molecule has 176 valence electrons. The topological polar surface area (TPSA) is 54.4 Å². The predicted octanol–water partition coefficient (Wildman–Crippen LogP) is 8.89. The summed E-state index contributed by atoms with van der Waals surface area (Å²) >= 11 is 0. The molecule has 0 spiro atoms. The van der Waals surface area contributed by atoms with Gasteiger partial charge in [0.05, 0.1) is 18.5 Å². The lowest BCUT2D eigenvalue weighted by Gasteiger charge is -2.24. The van der Waals surface area contributed by atoms with Gasteiger partial charge in [0.25, 0.3) is 0 Å². The highest BCUT2D eigenvalue weighted by Crippen LogP contribution is 2.65. The second-order valence-corrected chi connectivity index (χ2v) is 17.0. The lowest BCUT2D eigenvalue weighted by molar-refractivity contribution is 0.499. The molecule has 0 unspecified atom stereocenters. The Hall–Kier alpha value is 0.340. The normalized spacial score (nSPS) is 12.6. The molecule has 0 aliphatic heterocycles. The maximum absolute atomic E-state index is 12.6. The van der Waals surface area contributed by atoms with Crippen LogP contribution in [0.15, 0.2) is 0 Å². The Morgan fingerprint density at radius 2 is 0.724 bits per heavy atom. The maximum Gasteiger partial charge on any atom is 0.380 e. The predicted molar refractivity (Wildman–Crippen MR) is 133 cm³/mol. The fraction of sp³-hybridized carbons (Fsp3) is 1.00. The first-order valence-corrected chi connectivity index (χ1v) is 17.2. The average Bonchev–Trinajstić information content (AvgIpc) is 2.68. The van der Waals surface area contributed by atoms with E-state index < -0.39 is 16.2 Å². The van der Waals surface area contributed by atoms with Crippen molar-refractivity contribution in [1.82, 2.24) is 0 Å². The van der Waals surface area contributed by atoms with Gasteiger partial charge in [-0.1, -0.05) is 97.8 Å². The molecule has 0 heterocycles. The van der Waals surface area contributed by atoms with Gasteiger partial charge >= 0.3 is 9.74 Å². The molecule has 0 aliphatic rings. The van der Waals surface area contributed by atoms with Crippen molar-refractivity contribution in [3.63, 3.8) is 0 Å². The third kappa shape index (κ3) is 14.9. The molecular formula is C24H52O3PS+. The van der Waals surface area contributed by atoms with E-state index in [1.807, 2.05) is 0 Å². The van der Waals surface area contributed by atoms with E-state index in [4.69, 9.17) is 0 Å². The van der Waals surface area contributed by atoms with Gasteiger partial charge in [0, 0.05) is 0 Å². The van der Waals surface area contributed by atoms with Crippen molar-refractivity contribution in [2.45, 2.75) is 136 Å². The SMILES string of the molecule is CCCCCCCC[P+](CCCCCCCC)(CCCCCCCC)S(=O)(=O)O. The van der Waals surface area contributed by atoms with Crippen LogP contribution in [0.1, 0.15) is 136 Å². The zero-order valence-corrected chi connectivity index (χ0v) is 21.7. The highest BCUT2D eigenvalue weighted by molar-refractivity contribution is 8.54. The highest BCUT2D eigenvalue weighted by Gasteiger charge is 2.49. The van der Waals surface area contributed by atoms with Gasteiger partial charge in [0.2, 0.25) is 0 Å². The van der Waals surface area contributed by atoms with Crippen LogP contribution in [0.3, 0.4) is 0 Å².